The van der Waals surface area contributed by atoms with Gasteiger partial charge in [0.1, 0.15) is 11.5 Å². The molecule has 0 bridgehead atoms. The summed E-state index contributed by atoms with van der Waals surface area (Å²) in [6, 6.07) is 23.7. The number of hydrogen-bond acceptors (Lipinski definition) is 4. The Labute approximate surface area is 194 Å². The van der Waals surface area contributed by atoms with Gasteiger partial charge in [-0.25, -0.2) is 0 Å². The summed E-state index contributed by atoms with van der Waals surface area (Å²) in [6.07, 6.45) is 0.309. The van der Waals surface area contributed by atoms with E-state index in [-0.39, 0.29) is 18.1 Å². The second kappa shape index (κ2) is 10.2. The van der Waals surface area contributed by atoms with Crippen molar-refractivity contribution in [1.29, 1.82) is 0 Å². The largest absolute Gasteiger partial charge is 0.508 e. The van der Waals surface area contributed by atoms with E-state index in [0.717, 1.165) is 27.8 Å². The van der Waals surface area contributed by atoms with Crippen molar-refractivity contribution in [2.75, 3.05) is 0 Å². The highest BCUT2D eigenvalue weighted by Crippen LogP contribution is 2.36. The van der Waals surface area contributed by atoms with Crippen molar-refractivity contribution in [3.05, 3.63) is 95.6 Å². The Kier molecular flexibility index (Phi) is 7.34. The van der Waals surface area contributed by atoms with Gasteiger partial charge in [0.2, 0.25) is 0 Å². The molecule has 5 heteroatoms. The second-order valence-electron chi connectivity index (χ2n) is 8.82. The lowest BCUT2D eigenvalue weighted by atomic mass is 9.87. The van der Waals surface area contributed by atoms with Gasteiger partial charge in [0.05, 0.1) is 5.41 Å². The maximum absolute atomic E-state index is 12.2. The van der Waals surface area contributed by atoms with Crippen LogP contribution in [0.25, 0.3) is 11.1 Å². The van der Waals surface area contributed by atoms with Gasteiger partial charge >= 0.3 is 11.9 Å². The minimum Gasteiger partial charge on any atom is -0.508 e. The fourth-order valence-corrected chi connectivity index (χ4v) is 3.38. The smallest absolute Gasteiger partial charge is 0.316 e. The summed E-state index contributed by atoms with van der Waals surface area (Å²) in [7, 11) is 0. The number of carboxylic acids is 1. The van der Waals surface area contributed by atoms with Crippen molar-refractivity contribution in [2.24, 2.45) is 5.41 Å². The highest BCUT2D eigenvalue weighted by atomic mass is 16.5. The number of rotatable bonds is 7. The third kappa shape index (κ3) is 6.32. The molecule has 0 aromatic heterocycles. The zero-order valence-corrected chi connectivity index (χ0v) is 19.0. The van der Waals surface area contributed by atoms with Gasteiger partial charge in [0.25, 0.3) is 0 Å². The van der Waals surface area contributed by atoms with Gasteiger partial charge in [-0.2, -0.15) is 0 Å². The Morgan fingerprint density at radius 3 is 1.82 bits per heavy atom. The highest BCUT2D eigenvalue weighted by Gasteiger charge is 2.24. The number of phenolic OH excluding ortho intramolecular Hbond substituents is 1. The van der Waals surface area contributed by atoms with E-state index < -0.39 is 11.4 Å². The number of esters is 1. The lowest BCUT2D eigenvalue weighted by Gasteiger charge is -2.19. The van der Waals surface area contributed by atoms with Crippen LogP contribution in [0.2, 0.25) is 0 Å². The average Bonchev–Trinajstić information content (AvgIpc) is 2.78. The molecular formula is C28H28O5. The molecule has 0 aliphatic heterocycles. The number of aliphatic carboxylic acids is 1. The van der Waals surface area contributed by atoms with E-state index in [1.807, 2.05) is 54.6 Å². The topological polar surface area (TPSA) is 83.8 Å². The van der Waals surface area contributed by atoms with Crippen LogP contribution in [-0.2, 0) is 9.59 Å². The van der Waals surface area contributed by atoms with Crippen molar-refractivity contribution in [1.82, 2.24) is 0 Å². The fourth-order valence-electron chi connectivity index (χ4n) is 3.38. The van der Waals surface area contributed by atoms with Gasteiger partial charge in [0, 0.05) is 6.42 Å². The van der Waals surface area contributed by atoms with Gasteiger partial charge in [-0.15, -0.1) is 0 Å². The monoisotopic (exact) mass is 444 g/mol. The van der Waals surface area contributed by atoms with Crippen LogP contribution in [0, 0.1) is 5.41 Å². The van der Waals surface area contributed by atoms with Gasteiger partial charge in [-0.05, 0) is 79.3 Å². The molecule has 0 radical (unpaired) electrons. The minimum atomic E-state index is -0.877. The molecule has 170 valence electrons. The molecule has 3 aromatic rings. The molecule has 2 N–H and O–H groups in total. The molecule has 5 nitrogen and oxygen atoms in total. The molecule has 0 spiro atoms. The highest BCUT2D eigenvalue weighted by molar-refractivity contribution is 5.99. The predicted molar refractivity (Wildman–Crippen MR) is 129 cm³/mol. The zero-order chi connectivity index (χ0) is 24.0. The summed E-state index contributed by atoms with van der Waals surface area (Å²) < 4.78 is 5.49. The van der Waals surface area contributed by atoms with E-state index in [1.54, 1.807) is 45.0 Å². The molecule has 0 fully saturated rings. The molecule has 0 atom stereocenters. The van der Waals surface area contributed by atoms with E-state index in [4.69, 9.17) is 4.74 Å². The first-order valence-electron chi connectivity index (χ1n) is 10.8. The summed E-state index contributed by atoms with van der Waals surface area (Å²) in [5.74, 6) is -0.612. The predicted octanol–water partition coefficient (Wildman–Crippen LogP) is 6.17. The average molecular weight is 445 g/mol. The minimum absolute atomic E-state index is 0.0207. The Bertz CT molecular complexity index is 1140. The first-order chi connectivity index (χ1) is 15.6. The fraction of sp³-hybridized carbons (Fsp3) is 0.214. The van der Waals surface area contributed by atoms with Crippen molar-refractivity contribution in [3.8, 4) is 11.5 Å². The molecule has 3 rings (SSSR count). The molecule has 0 aliphatic carbocycles. The van der Waals surface area contributed by atoms with E-state index in [2.05, 4.69) is 0 Å². The maximum atomic E-state index is 12.2. The van der Waals surface area contributed by atoms with Crippen LogP contribution < -0.4 is 4.74 Å². The van der Waals surface area contributed by atoms with E-state index in [0.29, 0.717) is 12.2 Å². The Balaban J connectivity index is 2.13. The van der Waals surface area contributed by atoms with Gasteiger partial charge < -0.3 is 14.9 Å². The van der Waals surface area contributed by atoms with Gasteiger partial charge in [0.15, 0.2) is 0 Å². The van der Waals surface area contributed by atoms with Crippen molar-refractivity contribution in [3.63, 3.8) is 0 Å². The SMILES string of the molecule is CC(C)(C)C(=O)Oc1ccc(/C(=C(\CCC(=O)O)c2ccccc2)c2ccc(O)cc2)cc1. The van der Waals surface area contributed by atoms with Crippen LogP contribution >= 0.6 is 0 Å². The number of carbonyl (C=O) groups is 2. The van der Waals surface area contributed by atoms with Crippen LogP contribution in [-0.4, -0.2) is 22.2 Å². The van der Waals surface area contributed by atoms with Crippen molar-refractivity contribution < 1.29 is 24.5 Å². The van der Waals surface area contributed by atoms with E-state index >= 15 is 0 Å². The first kappa shape index (κ1) is 23.8. The first-order valence-corrected chi connectivity index (χ1v) is 10.8. The quantitative estimate of drug-likeness (QED) is 0.259. The molecule has 33 heavy (non-hydrogen) atoms. The number of ether oxygens (including phenoxy) is 1. The standard InChI is InChI=1S/C28H28O5/c1-28(2,3)27(32)33-23-15-11-21(12-16-23)26(20-9-13-22(29)14-10-20)24(17-18-25(30)31)19-7-5-4-6-8-19/h4-16,29H,17-18H2,1-3H3,(H,30,31)/b26-24+. The zero-order valence-electron chi connectivity index (χ0n) is 19.0. The Hall–Kier alpha value is -3.86. The molecule has 0 saturated carbocycles. The molecule has 0 unspecified atom stereocenters. The number of phenols is 1. The lowest BCUT2D eigenvalue weighted by Crippen LogP contribution is -2.25. The normalized spacial score (nSPS) is 12.1. The maximum Gasteiger partial charge on any atom is 0.316 e. The molecule has 3 aromatic carbocycles. The molecular weight excluding hydrogens is 416 g/mol. The molecule has 0 heterocycles. The summed E-state index contributed by atoms with van der Waals surface area (Å²) in [5.41, 5.74) is 3.73. The summed E-state index contributed by atoms with van der Waals surface area (Å²) in [4.78, 5) is 23.6. The summed E-state index contributed by atoms with van der Waals surface area (Å²) in [6.45, 7) is 5.39. The number of carbonyl (C=O) groups excluding carboxylic acids is 1. The molecule has 0 saturated heterocycles. The Morgan fingerprint density at radius 1 is 0.758 bits per heavy atom. The van der Waals surface area contributed by atoms with Crippen molar-refractivity contribution >= 4 is 23.1 Å². The van der Waals surface area contributed by atoms with Gasteiger partial charge in [-0.3, -0.25) is 9.59 Å². The molecule has 0 amide bonds. The number of aromatic hydroxyl groups is 1. The number of hydrogen-bond donors (Lipinski definition) is 2. The second-order valence-corrected chi connectivity index (χ2v) is 8.82. The number of benzene rings is 3. The van der Waals surface area contributed by atoms with Crippen LogP contribution in [0.1, 0.15) is 50.3 Å². The van der Waals surface area contributed by atoms with Crippen LogP contribution in [0.15, 0.2) is 78.9 Å². The number of allylic oxidation sites excluding steroid dienone is 1. The van der Waals surface area contributed by atoms with E-state index in [1.165, 1.54) is 0 Å². The summed E-state index contributed by atoms with van der Waals surface area (Å²) in [5, 5.41) is 19.1. The van der Waals surface area contributed by atoms with Gasteiger partial charge in [-0.1, -0.05) is 54.6 Å². The van der Waals surface area contributed by atoms with Crippen LogP contribution in [0.5, 0.6) is 11.5 Å². The van der Waals surface area contributed by atoms with Crippen LogP contribution in [0.4, 0.5) is 0 Å². The molecule has 0 aliphatic rings. The Morgan fingerprint density at radius 2 is 1.30 bits per heavy atom. The van der Waals surface area contributed by atoms with E-state index in [9.17, 15) is 19.8 Å². The van der Waals surface area contributed by atoms with Crippen molar-refractivity contribution in [2.45, 2.75) is 33.6 Å². The van der Waals surface area contributed by atoms with Crippen LogP contribution in [0.3, 0.4) is 0 Å². The third-order valence-corrected chi connectivity index (χ3v) is 5.13. The third-order valence-electron chi connectivity index (χ3n) is 5.13. The number of carboxylic acid groups (broad SMARTS) is 1. The lowest BCUT2D eigenvalue weighted by molar-refractivity contribution is -0.143. The summed E-state index contributed by atoms with van der Waals surface area (Å²) >= 11 is 0.